The molecule has 19 heteroatoms. The van der Waals surface area contributed by atoms with Crippen LogP contribution in [-0.4, -0.2) is 105 Å². The van der Waals surface area contributed by atoms with Crippen LogP contribution >= 0.6 is 11.3 Å². The largest absolute Gasteiger partial charge is 0.487 e. The first-order valence-electron chi connectivity index (χ1n) is 25.3. The minimum atomic E-state index is -0.00490. The number of rotatable bonds is 15. The fraction of sp³-hybridized carbons (Fsp3) is 0.310. The normalized spacial score (nSPS) is 14.5. The molecule has 3 amide bonds. The third-order valence-corrected chi connectivity index (χ3v) is 13.9. The zero-order valence-electron chi connectivity index (χ0n) is 43.0. The summed E-state index contributed by atoms with van der Waals surface area (Å²) in [5.41, 5.74) is 9.46. The predicted octanol–water partition coefficient (Wildman–Crippen LogP) is 9.17. The van der Waals surface area contributed by atoms with Crippen LogP contribution in [0.1, 0.15) is 90.5 Å². The molecule has 8 aromatic rings. The highest BCUT2D eigenvalue weighted by Crippen LogP contribution is 2.24. The summed E-state index contributed by atoms with van der Waals surface area (Å²) < 4.78 is 28.0. The van der Waals surface area contributed by atoms with Gasteiger partial charge in [-0.25, -0.2) is 4.98 Å². The van der Waals surface area contributed by atoms with Crippen LogP contribution in [0.25, 0.3) is 0 Å². The summed E-state index contributed by atoms with van der Waals surface area (Å²) in [6.45, 7) is 15.4. The Morgan fingerprint density at radius 2 is 0.974 bits per heavy atom. The molecule has 0 radical (unpaired) electrons. The fourth-order valence-electron chi connectivity index (χ4n) is 9.15. The molecule has 0 aliphatic carbocycles. The number of furan rings is 1. The number of ether oxygens (including phenoxy) is 3. The molecule has 0 atom stereocenters. The molecule has 0 spiro atoms. The molecule has 0 fully saturated rings. The summed E-state index contributed by atoms with van der Waals surface area (Å²) in [7, 11) is 0. The lowest BCUT2D eigenvalue weighted by atomic mass is 10.1. The summed E-state index contributed by atoms with van der Waals surface area (Å²) in [5, 5.41) is 16.5. The number of thiazole rings is 1. The topological polar surface area (TPSA) is 180 Å². The van der Waals surface area contributed by atoms with Crippen molar-refractivity contribution in [2.75, 3.05) is 32.7 Å². The van der Waals surface area contributed by atoms with E-state index in [1.165, 1.54) is 5.57 Å². The third-order valence-electron chi connectivity index (χ3n) is 13.1. The number of fused-ring (bicyclic) bond motifs is 3. The van der Waals surface area contributed by atoms with Crippen molar-refractivity contribution in [3.8, 4) is 17.2 Å². The number of aromatic nitrogens is 7. The van der Waals surface area contributed by atoms with E-state index in [-0.39, 0.29) is 25.1 Å². The Bertz CT molecular complexity index is 3360. The Hall–Kier alpha value is -8.58. The number of amides is 3. The molecule has 3 aromatic carbocycles. The van der Waals surface area contributed by atoms with E-state index in [9.17, 15) is 14.4 Å². The van der Waals surface area contributed by atoms with Crippen molar-refractivity contribution >= 4 is 34.8 Å². The van der Waals surface area contributed by atoms with Gasteiger partial charge >= 0.3 is 0 Å². The third kappa shape index (κ3) is 13.1. The van der Waals surface area contributed by atoms with Gasteiger partial charge in [-0.3, -0.25) is 33.4 Å². The predicted molar refractivity (Wildman–Crippen MR) is 292 cm³/mol. The van der Waals surface area contributed by atoms with Gasteiger partial charge in [0, 0.05) is 37.1 Å². The average Bonchev–Trinajstić information content (AvgIpc) is 4.34. The monoisotopic (exact) mass is 1060 g/mol. The minimum absolute atomic E-state index is 0. The van der Waals surface area contributed by atoms with E-state index in [1.807, 2.05) is 150 Å². The van der Waals surface area contributed by atoms with Crippen molar-refractivity contribution in [3.05, 3.63) is 194 Å². The molecule has 4 aliphatic heterocycles. The molecule has 4 aliphatic rings. The fourth-order valence-corrected chi connectivity index (χ4v) is 9.76. The number of aliphatic imine (C=N–C) groups is 1. The maximum Gasteiger partial charge on any atom is 0.272 e. The van der Waals surface area contributed by atoms with E-state index in [2.05, 4.69) is 38.3 Å². The maximum absolute atomic E-state index is 12.8. The molecule has 5 aromatic heterocycles. The summed E-state index contributed by atoms with van der Waals surface area (Å²) in [6.07, 6.45) is 3.81. The van der Waals surface area contributed by atoms with Crippen LogP contribution in [0.3, 0.4) is 0 Å². The molecule has 12 rings (SSSR count). The summed E-state index contributed by atoms with van der Waals surface area (Å²) in [4.78, 5) is 52.7. The Labute approximate surface area is 451 Å². The first kappa shape index (κ1) is 53.3. The molecule has 0 saturated carbocycles. The number of aryl methyl sites for hydroxylation is 3. The highest BCUT2D eigenvalue weighted by molar-refractivity contribution is 7.09. The van der Waals surface area contributed by atoms with Crippen LogP contribution < -0.4 is 14.2 Å². The molecule has 9 heterocycles. The van der Waals surface area contributed by atoms with Crippen molar-refractivity contribution in [1.82, 2.24) is 49.0 Å². The lowest BCUT2D eigenvalue weighted by Gasteiger charge is -2.27. The number of hydrogen-bond donors (Lipinski definition) is 0. The molecule has 0 bridgehead atoms. The van der Waals surface area contributed by atoms with E-state index in [1.54, 1.807) is 31.6 Å². The lowest BCUT2D eigenvalue weighted by Crippen LogP contribution is -2.42. The van der Waals surface area contributed by atoms with Crippen LogP contribution in [-0.2, 0) is 52.5 Å². The Kier molecular flexibility index (Phi) is 16.9. The molecule has 0 N–H and O–H groups in total. The van der Waals surface area contributed by atoms with E-state index in [4.69, 9.17) is 18.6 Å². The SMILES string of the molecule is C.CC1=CC(CN2CCn3nc(COc4ccccc4)cc3C2=O)=NC1.Cc1coc(C)c1CN1CCn2nc(COc3ccccc3)cc2C1=O.Cc1nc(CN2CCn3nc(COc4ccccc4)cc3C2=O)cs1. The highest BCUT2D eigenvalue weighted by atomic mass is 32.1. The Morgan fingerprint density at radius 3 is 1.35 bits per heavy atom. The number of para-hydroxylation sites is 3. The van der Waals surface area contributed by atoms with Gasteiger partial charge < -0.3 is 33.3 Å². The van der Waals surface area contributed by atoms with Crippen LogP contribution in [0, 0.1) is 20.8 Å². The zero-order chi connectivity index (χ0) is 52.5. The first-order valence-corrected chi connectivity index (χ1v) is 26.1. The van der Waals surface area contributed by atoms with E-state index in [0.29, 0.717) is 95.8 Å². The molecule has 0 unspecified atom stereocenters. The average molecular weight is 1060 g/mol. The quantitative estimate of drug-likeness (QED) is 0.0955. The van der Waals surface area contributed by atoms with Gasteiger partial charge in [0.25, 0.3) is 17.7 Å². The van der Waals surface area contributed by atoms with Crippen LogP contribution in [0.5, 0.6) is 17.2 Å². The van der Waals surface area contributed by atoms with Crippen molar-refractivity contribution in [1.29, 1.82) is 0 Å². The molecule has 0 saturated heterocycles. The second-order valence-electron chi connectivity index (χ2n) is 18.8. The molecule has 398 valence electrons. The molecule has 77 heavy (non-hydrogen) atoms. The number of hydrogen-bond acceptors (Lipinski definition) is 13. The van der Waals surface area contributed by atoms with E-state index in [0.717, 1.165) is 74.2 Å². The minimum Gasteiger partial charge on any atom is -0.487 e. The van der Waals surface area contributed by atoms with Crippen molar-refractivity contribution in [2.45, 2.75) is 87.7 Å². The van der Waals surface area contributed by atoms with E-state index >= 15 is 0 Å². The number of benzene rings is 3. The van der Waals surface area contributed by atoms with Gasteiger partial charge in [-0.2, -0.15) is 15.3 Å². The first-order chi connectivity index (χ1) is 37.0. The van der Waals surface area contributed by atoms with Crippen LogP contribution in [0.4, 0.5) is 0 Å². The van der Waals surface area contributed by atoms with Crippen LogP contribution in [0.2, 0.25) is 0 Å². The number of nitrogens with zero attached hydrogens (tertiary/aromatic N) is 11. The molecule has 18 nitrogen and oxygen atoms in total. The summed E-state index contributed by atoms with van der Waals surface area (Å²) >= 11 is 1.61. The second-order valence-corrected chi connectivity index (χ2v) is 19.9. The van der Waals surface area contributed by atoms with Gasteiger partial charge in [0.1, 0.15) is 77.0 Å². The smallest absolute Gasteiger partial charge is 0.272 e. The van der Waals surface area contributed by atoms with Gasteiger partial charge in [0.15, 0.2) is 0 Å². The van der Waals surface area contributed by atoms with Gasteiger partial charge in [0.05, 0.1) is 61.9 Å². The Balaban J connectivity index is 0.000000140. The van der Waals surface area contributed by atoms with Gasteiger partial charge in [-0.05, 0) is 93.9 Å². The van der Waals surface area contributed by atoms with Gasteiger partial charge in [-0.1, -0.05) is 67.6 Å². The van der Waals surface area contributed by atoms with Gasteiger partial charge in [0.2, 0.25) is 0 Å². The van der Waals surface area contributed by atoms with Crippen LogP contribution in [0.15, 0.2) is 142 Å². The van der Waals surface area contributed by atoms with Crippen molar-refractivity contribution in [2.24, 2.45) is 4.99 Å². The maximum atomic E-state index is 12.8. The highest BCUT2D eigenvalue weighted by Gasteiger charge is 2.30. The molecular formula is C58H63N11O7S. The van der Waals surface area contributed by atoms with Crippen molar-refractivity contribution in [3.63, 3.8) is 0 Å². The number of carbonyl (C=O) groups is 3. The zero-order valence-corrected chi connectivity index (χ0v) is 43.8. The lowest BCUT2D eigenvalue weighted by molar-refractivity contribution is 0.0675. The summed E-state index contributed by atoms with van der Waals surface area (Å²) in [5.74, 6) is 3.24. The second kappa shape index (κ2) is 24.4. The number of carbonyl (C=O) groups excluding carboxylic acids is 3. The van der Waals surface area contributed by atoms with Crippen molar-refractivity contribution < 1.29 is 33.0 Å². The van der Waals surface area contributed by atoms with Gasteiger partial charge in [-0.15, -0.1) is 11.3 Å². The van der Waals surface area contributed by atoms with E-state index < -0.39 is 0 Å². The summed E-state index contributed by atoms with van der Waals surface area (Å²) in [6, 6.07) is 34.3. The standard InChI is InChI=1S/C20H21N3O3.C19H20N4O2.C18H18N4O2S.CH4/c1-14-12-25-15(2)18(14)11-22-8-9-23-19(20(22)24)10-16(21-23)13-26-17-6-4-3-5-7-17;1-14-9-15(20-11-14)12-22-7-8-23-18(19(22)24)10-16(21-23)13-25-17-5-3-2-4-6-17;1-13-19-15(12-25-13)10-21-7-8-22-17(18(21)23)9-14(20-22)11-24-16-5-3-2-4-6-16;/h3-7,10,12H,8-9,11,13H2,1-2H3;2-6,9-10H,7-8,11-13H2,1H3;2-6,9,12H,7-8,10-11H2,1H3;1H4. The Morgan fingerprint density at radius 1 is 0.545 bits per heavy atom. The molecular weight excluding hydrogens is 995 g/mol.